The molecule has 0 atom stereocenters. The Balaban J connectivity index is 2.18. The summed E-state index contributed by atoms with van der Waals surface area (Å²) in [6.45, 7) is 4.01. The summed E-state index contributed by atoms with van der Waals surface area (Å²) in [5.74, 6) is 0.691. The third-order valence-electron chi connectivity index (χ3n) is 2.13. The van der Waals surface area contributed by atoms with Gasteiger partial charge in [-0.1, -0.05) is 6.92 Å². The lowest BCUT2D eigenvalue weighted by atomic mass is 9.89. The third-order valence-corrected chi connectivity index (χ3v) is 2.13. The van der Waals surface area contributed by atoms with E-state index in [1.54, 1.807) is 7.11 Å². The van der Waals surface area contributed by atoms with Crippen LogP contribution >= 0.6 is 0 Å². The Kier molecular flexibility index (Phi) is 2.52. The number of methoxy groups -OCH3 is 1. The zero-order valence-electron chi connectivity index (χ0n) is 6.10. The fourth-order valence-electron chi connectivity index (χ4n) is 1.37. The van der Waals surface area contributed by atoms with Crippen LogP contribution in [0.4, 0.5) is 0 Å². The zero-order valence-corrected chi connectivity index (χ0v) is 6.10. The highest BCUT2D eigenvalue weighted by atomic mass is 16.5. The van der Waals surface area contributed by atoms with Gasteiger partial charge in [-0.2, -0.15) is 0 Å². The molecule has 0 spiro atoms. The van der Waals surface area contributed by atoms with Gasteiger partial charge in [-0.15, -0.1) is 0 Å². The molecule has 1 fully saturated rings. The zero-order chi connectivity index (χ0) is 6.69. The normalized spacial score (nSPS) is 36.7. The summed E-state index contributed by atoms with van der Waals surface area (Å²) in [6, 6.07) is 0. The minimum Gasteiger partial charge on any atom is -0.381 e. The fraction of sp³-hybridized carbons (Fsp3) is 0.875. The van der Waals surface area contributed by atoms with Gasteiger partial charge in [0.1, 0.15) is 0 Å². The summed E-state index contributed by atoms with van der Waals surface area (Å²) in [6.07, 6.45) is 5.45. The molecule has 1 nitrogen and oxygen atoms in total. The molecule has 1 heteroatoms. The highest BCUT2D eigenvalue weighted by Crippen LogP contribution is 2.24. The summed E-state index contributed by atoms with van der Waals surface area (Å²) in [5, 5.41) is 0. The first-order valence-corrected chi connectivity index (χ1v) is 3.69. The van der Waals surface area contributed by atoms with E-state index in [9.17, 15) is 0 Å². The molecule has 0 aliphatic heterocycles. The van der Waals surface area contributed by atoms with Crippen LogP contribution < -0.4 is 0 Å². The standard InChI is InChI=1S/C8H15O/c1-7-3-5-8(9-2)6-4-7/h7-8H,1,3-6H2,2H3/t7-,8+. The molecule has 0 bridgehead atoms. The highest BCUT2D eigenvalue weighted by molar-refractivity contribution is 4.73. The SMILES string of the molecule is [CH2][C@H]1CC[C@@H](OC)CC1. The van der Waals surface area contributed by atoms with E-state index >= 15 is 0 Å². The summed E-state index contributed by atoms with van der Waals surface area (Å²) in [7, 11) is 1.80. The quantitative estimate of drug-likeness (QED) is 0.523. The largest absolute Gasteiger partial charge is 0.381 e. The van der Waals surface area contributed by atoms with E-state index in [0.29, 0.717) is 12.0 Å². The van der Waals surface area contributed by atoms with Gasteiger partial charge in [0.2, 0.25) is 0 Å². The fourth-order valence-corrected chi connectivity index (χ4v) is 1.37. The van der Waals surface area contributed by atoms with Crippen LogP contribution in [0.15, 0.2) is 0 Å². The molecule has 1 saturated carbocycles. The Morgan fingerprint density at radius 3 is 2.22 bits per heavy atom. The van der Waals surface area contributed by atoms with Gasteiger partial charge in [-0.3, -0.25) is 0 Å². The minimum absolute atomic E-state index is 0.531. The highest BCUT2D eigenvalue weighted by Gasteiger charge is 2.16. The van der Waals surface area contributed by atoms with Crippen molar-refractivity contribution in [1.82, 2.24) is 0 Å². The van der Waals surface area contributed by atoms with Crippen molar-refractivity contribution in [3.05, 3.63) is 6.92 Å². The monoisotopic (exact) mass is 127 g/mol. The van der Waals surface area contributed by atoms with E-state index < -0.39 is 0 Å². The first-order valence-electron chi connectivity index (χ1n) is 3.69. The molecule has 0 aromatic carbocycles. The van der Waals surface area contributed by atoms with Crippen molar-refractivity contribution in [3.8, 4) is 0 Å². The van der Waals surface area contributed by atoms with E-state index in [-0.39, 0.29) is 0 Å². The Morgan fingerprint density at radius 2 is 1.78 bits per heavy atom. The van der Waals surface area contributed by atoms with E-state index in [1.807, 2.05) is 0 Å². The van der Waals surface area contributed by atoms with Crippen LogP contribution in [-0.4, -0.2) is 13.2 Å². The van der Waals surface area contributed by atoms with Gasteiger partial charge in [-0.25, -0.2) is 0 Å². The van der Waals surface area contributed by atoms with Crippen molar-refractivity contribution in [1.29, 1.82) is 0 Å². The Bertz CT molecular complexity index is 72.6. The minimum atomic E-state index is 0.531. The second kappa shape index (κ2) is 3.21. The molecule has 1 radical (unpaired) electrons. The topological polar surface area (TPSA) is 9.23 Å². The van der Waals surface area contributed by atoms with E-state index in [1.165, 1.54) is 25.7 Å². The van der Waals surface area contributed by atoms with E-state index in [0.717, 1.165) is 0 Å². The van der Waals surface area contributed by atoms with Crippen molar-refractivity contribution in [2.75, 3.05) is 7.11 Å². The third kappa shape index (κ3) is 1.98. The van der Waals surface area contributed by atoms with Crippen LogP contribution in [0.5, 0.6) is 0 Å². The molecule has 1 aliphatic rings. The second-order valence-electron chi connectivity index (χ2n) is 2.88. The van der Waals surface area contributed by atoms with Crippen molar-refractivity contribution in [2.45, 2.75) is 31.8 Å². The van der Waals surface area contributed by atoms with Crippen LogP contribution in [0.2, 0.25) is 0 Å². The molecule has 0 amide bonds. The summed E-state index contributed by atoms with van der Waals surface area (Å²) in [4.78, 5) is 0. The average molecular weight is 127 g/mol. The Morgan fingerprint density at radius 1 is 1.22 bits per heavy atom. The van der Waals surface area contributed by atoms with Crippen LogP contribution in [0.1, 0.15) is 25.7 Å². The molecule has 0 saturated heterocycles. The van der Waals surface area contributed by atoms with Gasteiger partial charge in [0.15, 0.2) is 0 Å². The van der Waals surface area contributed by atoms with Gasteiger partial charge >= 0.3 is 0 Å². The summed E-state index contributed by atoms with van der Waals surface area (Å²) >= 11 is 0. The molecule has 0 aromatic heterocycles. The molecular weight excluding hydrogens is 112 g/mol. The first-order chi connectivity index (χ1) is 4.33. The Labute approximate surface area is 57.4 Å². The maximum atomic E-state index is 5.21. The predicted octanol–water partition coefficient (Wildman–Crippen LogP) is 2.03. The van der Waals surface area contributed by atoms with Crippen LogP contribution in [0.3, 0.4) is 0 Å². The predicted molar refractivity (Wildman–Crippen MR) is 38.1 cm³/mol. The van der Waals surface area contributed by atoms with Gasteiger partial charge in [0.05, 0.1) is 6.10 Å². The molecule has 53 valence electrons. The van der Waals surface area contributed by atoms with E-state index in [2.05, 4.69) is 6.92 Å². The van der Waals surface area contributed by atoms with Crippen LogP contribution in [-0.2, 0) is 4.74 Å². The molecule has 1 rings (SSSR count). The molecular formula is C8H15O. The molecule has 0 N–H and O–H groups in total. The number of ether oxygens (including phenoxy) is 1. The lowest BCUT2D eigenvalue weighted by Crippen LogP contribution is -2.18. The van der Waals surface area contributed by atoms with Crippen molar-refractivity contribution in [3.63, 3.8) is 0 Å². The van der Waals surface area contributed by atoms with Gasteiger partial charge in [-0.05, 0) is 31.6 Å². The smallest absolute Gasteiger partial charge is 0.0571 e. The maximum absolute atomic E-state index is 5.21. The number of hydrogen-bond donors (Lipinski definition) is 0. The molecule has 0 aromatic rings. The van der Waals surface area contributed by atoms with E-state index in [4.69, 9.17) is 4.74 Å². The average Bonchev–Trinajstić information content (AvgIpc) is 1.90. The molecule has 9 heavy (non-hydrogen) atoms. The lowest BCUT2D eigenvalue weighted by Gasteiger charge is -2.24. The Hall–Kier alpha value is -0.0400. The van der Waals surface area contributed by atoms with Gasteiger partial charge in [0, 0.05) is 7.11 Å². The van der Waals surface area contributed by atoms with Crippen molar-refractivity contribution in [2.24, 2.45) is 5.92 Å². The van der Waals surface area contributed by atoms with Crippen molar-refractivity contribution < 1.29 is 4.74 Å². The molecule has 1 aliphatic carbocycles. The first kappa shape index (κ1) is 7.07. The lowest BCUT2D eigenvalue weighted by molar-refractivity contribution is 0.0624. The maximum Gasteiger partial charge on any atom is 0.0571 e. The van der Waals surface area contributed by atoms with Crippen LogP contribution in [0.25, 0.3) is 0 Å². The summed E-state index contributed by atoms with van der Waals surface area (Å²) in [5.41, 5.74) is 0. The number of rotatable bonds is 1. The van der Waals surface area contributed by atoms with Gasteiger partial charge in [0.25, 0.3) is 0 Å². The van der Waals surface area contributed by atoms with Crippen molar-refractivity contribution >= 4 is 0 Å². The number of hydrogen-bond acceptors (Lipinski definition) is 1. The molecule has 0 unspecified atom stereocenters. The molecule has 0 heterocycles. The second-order valence-corrected chi connectivity index (χ2v) is 2.88. The van der Waals surface area contributed by atoms with Crippen LogP contribution in [0, 0.1) is 12.8 Å². The van der Waals surface area contributed by atoms with Gasteiger partial charge < -0.3 is 4.74 Å². The summed E-state index contributed by atoms with van der Waals surface area (Å²) < 4.78 is 5.21.